The molecule has 0 aliphatic carbocycles. The first-order valence-electron chi connectivity index (χ1n) is 6.84. The Labute approximate surface area is 124 Å². The summed E-state index contributed by atoms with van der Waals surface area (Å²) in [6, 6.07) is 7.37. The van der Waals surface area contributed by atoms with Crippen LogP contribution in [-0.2, 0) is 0 Å². The lowest BCUT2D eigenvalue weighted by Gasteiger charge is -2.19. The highest BCUT2D eigenvalue weighted by atomic mass is 32.2. The number of hydrogen-bond donors (Lipinski definition) is 2. The van der Waals surface area contributed by atoms with Crippen molar-refractivity contribution in [1.29, 1.82) is 0 Å². The van der Waals surface area contributed by atoms with Crippen molar-refractivity contribution in [2.45, 2.75) is 50.0 Å². The van der Waals surface area contributed by atoms with Gasteiger partial charge in [-0.25, -0.2) is 0 Å². The van der Waals surface area contributed by atoms with E-state index in [1.165, 1.54) is 0 Å². The Morgan fingerprint density at radius 1 is 1.15 bits per heavy atom. The third kappa shape index (κ3) is 6.68. The Hall–Kier alpha value is -0.650. The lowest BCUT2D eigenvalue weighted by atomic mass is 10.0. The second-order valence-corrected chi connectivity index (χ2v) is 6.33. The summed E-state index contributed by atoms with van der Waals surface area (Å²) in [4.78, 5) is 0.582. The lowest BCUT2D eigenvalue weighted by Crippen LogP contribution is -2.26. The van der Waals surface area contributed by atoms with E-state index in [-0.39, 0.29) is 12.1 Å². The fraction of sp³-hybridized carbons (Fsp3) is 0.600. The second kappa shape index (κ2) is 8.60. The first-order chi connectivity index (χ1) is 9.38. The van der Waals surface area contributed by atoms with Crippen molar-refractivity contribution < 1.29 is 13.9 Å². The molecule has 3 atom stereocenters. The van der Waals surface area contributed by atoms with Crippen LogP contribution in [-0.4, -0.2) is 23.5 Å². The van der Waals surface area contributed by atoms with Crippen molar-refractivity contribution >= 4 is 11.8 Å². The first-order valence-corrected chi connectivity index (χ1v) is 7.72. The van der Waals surface area contributed by atoms with Gasteiger partial charge in [-0.1, -0.05) is 30.8 Å². The quantitative estimate of drug-likeness (QED) is 0.710. The molecule has 2 nitrogen and oxygen atoms in total. The molecule has 0 aliphatic heterocycles. The number of alkyl halides is 2. The van der Waals surface area contributed by atoms with E-state index in [0.717, 1.165) is 18.5 Å². The van der Waals surface area contributed by atoms with Crippen LogP contribution in [0, 0.1) is 5.92 Å². The topological polar surface area (TPSA) is 32.3 Å². The minimum Gasteiger partial charge on any atom is -0.393 e. The molecule has 2 N–H and O–H groups in total. The number of benzene rings is 1. The van der Waals surface area contributed by atoms with E-state index in [2.05, 4.69) is 12.2 Å². The smallest absolute Gasteiger partial charge is 0.288 e. The fourth-order valence-corrected chi connectivity index (χ4v) is 2.60. The zero-order chi connectivity index (χ0) is 15.1. The zero-order valence-corrected chi connectivity index (χ0v) is 13.0. The van der Waals surface area contributed by atoms with Crippen LogP contribution in [0.3, 0.4) is 0 Å². The Morgan fingerprint density at radius 2 is 1.75 bits per heavy atom. The molecule has 0 bridgehead atoms. The van der Waals surface area contributed by atoms with Crippen LogP contribution in [0.4, 0.5) is 8.78 Å². The number of halogens is 2. The Bertz CT molecular complexity index is 384. The van der Waals surface area contributed by atoms with Crippen LogP contribution in [0.1, 0.15) is 38.8 Å². The Morgan fingerprint density at radius 3 is 2.25 bits per heavy atom. The summed E-state index contributed by atoms with van der Waals surface area (Å²) >= 11 is 0.562. The third-order valence-electron chi connectivity index (χ3n) is 3.12. The number of thioether (sulfide) groups is 1. The molecule has 0 spiro atoms. The van der Waals surface area contributed by atoms with E-state index >= 15 is 0 Å². The van der Waals surface area contributed by atoms with Crippen LogP contribution in [0.5, 0.6) is 0 Å². The van der Waals surface area contributed by atoms with Crippen LogP contribution < -0.4 is 5.32 Å². The summed E-state index contributed by atoms with van der Waals surface area (Å²) in [6.45, 7) is 6.75. The van der Waals surface area contributed by atoms with E-state index in [4.69, 9.17) is 0 Å². The summed E-state index contributed by atoms with van der Waals surface area (Å²) in [7, 11) is 0. The van der Waals surface area contributed by atoms with E-state index in [9.17, 15) is 13.9 Å². The maximum Gasteiger partial charge on any atom is 0.288 e. The molecule has 0 heterocycles. The van der Waals surface area contributed by atoms with Crippen molar-refractivity contribution in [3.63, 3.8) is 0 Å². The van der Waals surface area contributed by atoms with Crippen LogP contribution >= 0.6 is 11.8 Å². The van der Waals surface area contributed by atoms with E-state index < -0.39 is 5.76 Å². The normalized spacial score (nSPS) is 16.1. The molecule has 0 aromatic heterocycles. The number of aliphatic hydroxyl groups excluding tert-OH is 1. The zero-order valence-electron chi connectivity index (χ0n) is 12.1. The maximum atomic E-state index is 12.2. The summed E-state index contributed by atoms with van der Waals surface area (Å²) in [6.07, 6.45) is 0.483. The van der Waals surface area contributed by atoms with Crippen molar-refractivity contribution in [2.75, 3.05) is 6.54 Å². The molecule has 0 radical (unpaired) electrons. The van der Waals surface area contributed by atoms with Crippen LogP contribution in [0.15, 0.2) is 29.2 Å². The van der Waals surface area contributed by atoms with Gasteiger partial charge in [-0.05, 0) is 50.4 Å². The van der Waals surface area contributed by atoms with Gasteiger partial charge in [-0.15, -0.1) is 0 Å². The largest absolute Gasteiger partial charge is 0.393 e. The van der Waals surface area contributed by atoms with E-state index in [0.29, 0.717) is 22.6 Å². The Balaban J connectivity index is 2.45. The number of rotatable bonds is 8. The maximum absolute atomic E-state index is 12.2. The molecule has 3 unspecified atom stereocenters. The number of hydrogen-bond acceptors (Lipinski definition) is 3. The highest BCUT2D eigenvalue weighted by Crippen LogP contribution is 2.26. The molecule has 0 amide bonds. The molecule has 0 aliphatic rings. The summed E-state index contributed by atoms with van der Waals surface area (Å²) < 4.78 is 24.4. The third-order valence-corrected chi connectivity index (χ3v) is 3.84. The molecule has 114 valence electrons. The fourth-order valence-electron chi connectivity index (χ4n) is 2.10. The van der Waals surface area contributed by atoms with Crippen molar-refractivity contribution in [3.05, 3.63) is 29.8 Å². The SMILES string of the molecule is CC(O)CC(C)CNC(C)c1ccc(SC(F)F)cc1. The number of aliphatic hydroxyl groups is 1. The Kier molecular flexibility index (Phi) is 7.48. The molecule has 0 saturated carbocycles. The van der Waals surface area contributed by atoms with Gasteiger partial charge in [0.25, 0.3) is 5.76 Å². The minimum atomic E-state index is -2.38. The van der Waals surface area contributed by atoms with Gasteiger partial charge >= 0.3 is 0 Å². The molecule has 1 rings (SSSR count). The van der Waals surface area contributed by atoms with Gasteiger partial charge in [0.05, 0.1) is 6.10 Å². The van der Waals surface area contributed by atoms with Gasteiger partial charge in [0.2, 0.25) is 0 Å². The second-order valence-electron chi connectivity index (χ2n) is 5.27. The number of nitrogens with one attached hydrogen (secondary N) is 1. The molecule has 0 saturated heterocycles. The summed E-state index contributed by atoms with van der Waals surface area (Å²) in [5, 5.41) is 12.7. The van der Waals surface area contributed by atoms with Gasteiger partial charge in [0.15, 0.2) is 0 Å². The molecule has 20 heavy (non-hydrogen) atoms. The summed E-state index contributed by atoms with van der Waals surface area (Å²) in [5.74, 6) is -1.98. The van der Waals surface area contributed by atoms with E-state index in [1.807, 2.05) is 19.1 Å². The van der Waals surface area contributed by atoms with Crippen molar-refractivity contribution in [3.8, 4) is 0 Å². The highest BCUT2D eigenvalue weighted by molar-refractivity contribution is 7.99. The highest BCUT2D eigenvalue weighted by Gasteiger charge is 2.10. The molecular weight excluding hydrogens is 280 g/mol. The molecule has 1 aromatic carbocycles. The average molecular weight is 303 g/mol. The minimum absolute atomic E-state index is 0.164. The van der Waals surface area contributed by atoms with Gasteiger partial charge in [0.1, 0.15) is 0 Å². The average Bonchev–Trinajstić information content (AvgIpc) is 2.35. The molecule has 1 aromatic rings. The van der Waals surface area contributed by atoms with Gasteiger partial charge in [-0.2, -0.15) is 8.78 Å². The first kappa shape index (κ1) is 17.4. The monoisotopic (exact) mass is 303 g/mol. The van der Waals surface area contributed by atoms with Crippen molar-refractivity contribution in [2.24, 2.45) is 5.92 Å². The van der Waals surface area contributed by atoms with E-state index in [1.54, 1.807) is 19.1 Å². The van der Waals surface area contributed by atoms with Crippen LogP contribution in [0.25, 0.3) is 0 Å². The van der Waals surface area contributed by atoms with Gasteiger partial charge in [-0.3, -0.25) is 0 Å². The van der Waals surface area contributed by atoms with Gasteiger partial charge < -0.3 is 10.4 Å². The predicted octanol–water partition coefficient (Wildman–Crippen LogP) is 4.06. The summed E-state index contributed by atoms with van der Waals surface area (Å²) in [5.41, 5.74) is 1.08. The van der Waals surface area contributed by atoms with Gasteiger partial charge in [0, 0.05) is 10.9 Å². The predicted molar refractivity (Wildman–Crippen MR) is 80.2 cm³/mol. The molecular formula is C15H23F2NOS. The molecule has 5 heteroatoms. The lowest BCUT2D eigenvalue weighted by molar-refractivity contribution is 0.162. The van der Waals surface area contributed by atoms with Crippen molar-refractivity contribution in [1.82, 2.24) is 5.32 Å². The molecule has 0 fully saturated rings. The van der Waals surface area contributed by atoms with Crippen LogP contribution in [0.2, 0.25) is 0 Å². The standard InChI is InChI=1S/C15H23F2NOS/c1-10(8-11(2)19)9-18-12(3)13-4-6-14(7-5-13)20-15(16)17/h4-7,10-12,15,18-19H,8-9H2,1-3H3.